The first-order valence-electron chi connectivity index (χ1n) is 5.99. The molecular weight excluding hydrogens is 216 g/mol. The number of hydrogen-bond acceptors (Lipinski definition) is 3. The molecule has 1 aliphatic rings. The Morgan fingerprint density at radius 3 is 2.71 bits per heavy atom. The number of hydrogen-bond donors (Lipinski definition) is 1. The highest BCUT2D eigenvalue weighted by Crippen LogP contribution is 2.47. The molecule has 1 saturated carbocycles. The molecule has 0 atom stereocenters. The Hall–Kier alpha value is -1.35. The molecule has 3 heteroatoms. The first-order chi connectivity index (χ1) is 8.10. The van der Waals surface area contributed by atoms with Gasteiger partial charge in [0.25, 0.3) is 0 Å². The molecule has 0 heterocycles. The maximum Gasteiger partial charge on any atom is 0.308 e. The van der Waals surface area contributed by atoms with Gasteiger partial charge in [-0.15, -0.1) is 0 Å². The molecule has 1 fully saturated rings. The van der Waals surface area contributed by atoms with Gasteiger partial charge >= 0.3 is 5.97 Å². The molecule has 17 heavy (non-hydrogen) atoms. The Balaban J connectivity index is 2.16. The minimum Gasteiger partial charge on any atom is -0.469 e. The van der Waals surface area contributed by atoms with Gasteiger partial charge in [0.2, 0.25) is 0 Å². The van der Waals surface area contributed by atoms with Gasteiger partial charge in [-0.3, -0.25) is 4.79 Å². The van der Waals surface area contributed by atoms with E-state index >= 15 is 0 Å². The van der Waals surface area contributed by atoms with Crippen molar-refractivity contribution in [3.8, 4) is 0 Å². The van der Waals surface area contributed by atoms with E-state index in [0.29, 0.717) is 12.8 Å². The van der Waals surface area contributed by atoms with E-state index in [9.17, 15) is 9.90 Å². The maximum atomic E-state index is 11.3. The van der Waals surface area contributed by atoms with Gasteiger partial charge in [0.15, 0.2) is 0 Å². The lowest BCUT2D eigenvalue weighted by atomic mass is 9.66. The number of ether oxygens (including phenoxy) is 1. The summed E-state index contributed by atoms with van der Waals surface area (Å²) in [6.07, 6.45) is 1.83. The zero-order valence-electron chi connectivity index (χ0n) is 10.3. The average Bonchev–Trinajstić information content (AvgIpc) is 2.34. The molecule has 0 unspecified atom stereocenters. The second kappa shape index (κ2) is 4.49. The van der Waals surface area contributed by atoms with E-state index in [-0.39, 0.29) is 11.9 Å². The van der Waals surface area contributed by atoms with Crippen LogP contribution in [0, 0.1) is 5.92 Å². The van der Waals surface area contributed by atoms with Crippen molar-refractivity contribution in [3.05, 3.63) is 35.4 Å². The molecule has 0 amide bonds. The topological polar surface area (TPSA) is 46.5 Å². The van der Waals surface area contributed by atoms with Gasteiger partial charge in [0.1, 0.15) is 0 Å². The normalized spacial score (nSPS) is 27.4. The summed E-state index contributed by atoms with van der Waals surface area (Å²) in [7, 11) is 1.39. The number of carbonyl (C=O) groups is 1. The molecule has 0 radical (unpaired) electrons. The number of aryl methyl sites for hydroxylation is 1. The van der Waals surface area contributed by atoms with Crippen LogP contribution in [0.3, 0.4) is 0 Å². The smallest absolute Gasteiger partial charge is 0.308 e. The molecule has 1 aromatic rings. The van der Waals surface area contributed by atoms with Crippen LogP contribution in [-0.4, -0.2) is 18.2 Å². The monoisotopic (exact) mass is 234 g/mol. The molecule has 0 spiro atoms. The van der Waals surface area contributed by atoms with E-state index in [1.54, 1.807) is 0 Å². The number of benzene rings is 1. The van der Waals surface area contributed by atoms with Crippen LogP contribution in [0.5, 0.6) is 0 Å². The number of methoxy groups -OCH3 is 1. The molecule has 92 valence electrons. The molecular formula is C14H18O3. The summed E-state index contributed by atoms with van der Waals surface area (Å²) in [5, 5.41) is 10.5. The lowest BCUT2D eigenvalue weighted by Gasteiger charge is -2.43. The number of esters is 1. The SMILES string of the molecule is CCc1ccccc1C1(O)CC(C(=O)OC)C1. The highest BCUT2D eigenvalue weighted by molar-refractivity contribution is 5.74. The van der Waals surface area contributed by atoms with Crippen LogP contribution in [0.2, 0.25) is 0 Å². The number of carbonyl (C=O) groups excluding carboxylic acids is 1. The summed E-state index contributed by atoms with van der Waals surface area (Å²) < 4.78 is 4.69. The van der Waals surface area contributed by atoms with Gasteiger partial charge in [0.05, 0.1) is 18.6 Å². The highest BCUT2D eigenvalue weighted by Gasteiger charge is 2.48. The number of rotatable bonds is 3. The first-order valence-corrected chi connectivity index (χ1v) is 5.99. The van der Waals surface area contributed by atoms with Crippen LogP contribution >= 0.6 is 0 Å². The highest BCUT2D eigenvalue weighted by atomic mass is 16.5. The van der Waals surface area contributed by atoms with Crippen LogP contribution in [0.1, 0.15) is 30.9 Å². The zero-order chi connectivity index (χ0) is 12.5. The minimum absolute atomic E-state index is 0.157. The fourth-order valence-electron chi connectivity index (χ4n) is 2.59. The van der Waals surface area contributed by atoms with Crippen molar-refractivity contribution in [1.29, 1.82) is 0 Å². The van der Waals surface area contributed by atoms with Crippen molar-refractivity contribution in [2.24, 2.45) is 5.92 Å². The van der Waals surface area contributed by atoms with Crippen molar-refractivity contribution < 1.29 is 14.6 Å². The van der Waals surface area contributed by atoms with E-state index < -0.39 is 5.60 Å². The van der Waals surface area contributed by atoms with E-state index in [2.05, 4.69) is 11.7 Å². The van der Waals surface area contributed by atoms with Gasteiger partial charge in [-0.1, -0.05) is 31.2 Å². The van der Waals surface area contributed by atoms with Gasteiger partial charge < -0.3 is 9.84 Å². The molecule has 0 aromatic heterocycles. The fourth-order valence-corrected chi connectivity index (χ4v) is 2.59. The van der Waals surface area contributed by atoms with Crippen LogP contribution < -0.4 is 0 Å². The van der Waals surface area contributed by atoms with E-state index in [1.165, 1.54) is 7.11 Å². The van der Waals surface area contributed by atoms with Gasteiger partial charge in [0, 0.05) is 0 Å². The summed E-state index contributed by atoms with van der Waals surface area (Å²) in [6, 6.07) is 7.88. The third-order valence-corrected chi connectivity index (χ3v) is 3.60. The van der Waals surface area contributed by atoms with Crippen molar-refractivity contribution in [1.82, 2.24) is 0 Å². The van der Waals surface area contributed by atoms with Crippen molar-refractivity contribution in [2.75, 3.05) is 7.11 Å². The van der Waals surface area contributed by atoms with Gasteiger partial charge in [-0.25, -0.2) is 0 Å². The summed E-state index contributed by atoms with van der Waals surface area (Å²) in [5.74, 6) is -0.376. The Bertz CT molecular complexity index is 419. The predicted molar refractivity (Wildman–Crippen MR) is 64.5 cm³/mol. The Labute approximate surface area is 101 Å². The quantitative estimate of drug-likeness (QED) is 0.814. The van der Waals surface area contributed by atoms with Crippen LogP contribution in [-0.2, 0) is 21.6 Å². The molecule has 0 bridgehead atoms. The Kier molecular flexibility index (Phi) is 3.20. The van der Waals surface area contributed by atoms with Crippen LogP contribution in [0.25, 0.3) is 0 Å². The second-order valence-corrected chi connectivity index (χ2v) is 4.67. The minimum atomic E-state index is -0.842. The Morgan fingerprint density at radius 2 is 2.12 bits per heavy atom. The van der Waals surface area contributed by atoms with Gasteiger partial charge in [-0.2, -0.15) is 0 Å². The largest absolute Gasteiger partial charge is 0.469 e. The number of aliphatic hydroxyl groups is 1. The average molecular weight is 234 g/mol. The summed E-state index contributed by atoms with van der Waals surface area (Å²) in [5.41, 5.74) is 1.27. The molecule has 1 N–H and O–H groups in total. The fraction of sp³-hybridized carbons (Fsp3) is 0.500. The third-order valence-electron chi connectivity index (χ3n) is 3.60. The van der Waals surface area contributed by atoms with E-state index in [0.717, 1.165) is 17.5 Å². The molecule has 0 aliphatic heterocycles. The molecule has 3 nitrogen and oxygen atoms in total. The lowest BCUT2D eigenvalue weighted by Crippen LogP contribution is -2.45. The standard InChI is InChI=1S/C14H18O3/c1-3-10-6-4-5-7-12(10)14(16)8-11(9-14)13(15)17-2/h4-7,11,16H,3,8-9H2,1-2H3. The van der Waals surface area contributed by atoms with E-state index in [4.69, 9.17) is 0 Å². The van der Waals surface area contributed by atoms with Crippen molar-refractivity contribution in [3.63, 3.8) is 0 Å². The second-order valence-electron chi connectivity index (χ2n) is 4.67. The molecule has 1 aliphatic carbocycles. The first kappa shape index (κ1) is 12.1. The summed E-state index contributed by atoms with van der Waals surface area (Å²) >= 11 is 0. The lowest BCUT2D eigenvalue weighted by molar-refractivity contribution is -0.163. The van der Waals surface area contributed by atoms with E-state index in [1.807, 2.05) is 24.3 Å². The predicted octanol–water partition coefficient (Wildman–Crippen LogP) is 2.02. The molecule has 0 saturated heterocycles. The van der Waals surface area contributed by atoms with Crippen molar-refractivity contribution >= 4 is 5.97 Å². The molecule has 1 aromatic carbocycles. The van der Waals surface area contributed by atoms with Crippen LogP contribution in [0.4, 0.5) is 0 Å². The Morgan fingerprint density at radius 1 is 1.47 bits per heavy atom. The maximum absolute atomic E-state index is 11.3. The summed E-state index contributed by atoms with van der Waals surface area (Å²) in [4.78, 5) is 11.3. The zero-order valence-corrected chi connectivity index (χ0v) is 10.3. The third kappa shape index (κ3) is 2.07. The van der Waals surface area contributed by atoms with Crippen molar-refractivity contribution in [2.45, 2.75) is 31.8 Å². The van der Waals surface area contributed by atoms with Crippen LogP contribution in [0.15, 0.2) is 24.3 Å². The van der Waals surface area contributed by atoms with Gasteiger partial charge in [-0.05, 0) is 30.4 Å². The summed E-state index contributed by atoms with van der Waals surface area (Å²) in [6.45, 7) is 2.07. The molecule has 2 rings (SSSR count).